The number of benzene rings is 2. The summed E-state index contributed by atoms with van der Waals surface area (Å²) in [5, 5.41) is 3.44. The molecule has 0 radical (unpaired) electrons. The first kappa shape index (κ1) is 17.0. The lowest BCUT2D eigenvalue weighted by atomic mass is 10.1. The molecule has 1 aromatic heterocycles. The summed E-state index contributed by atoms with van der Waals surface area (Å²) in [6.07, 6.45) is 0. The second-order valence-corrected chi connectivity index (χ2v) is 5.82. The fourth-order valence-electron chi connectivity index (χ4n) is 2.72. The quantitative estimate of drug-likeness (QED) is 0.686. The summed E-state index contributed by atoms with van der Waals surface area (Å²) < 4.78 is 0. The predicted molar refractivity (Wildman–Crippen MR) is 105 cm³/mol. The molecule has 4 nitrogen and oxygen atoms in total. The average molecular weight is 332 g/mol. The van der Waals surface area contributed by atoms with Crippen molar-refractivity contribution in [3.63, 3.8) is 0 Å². The van der Waals surface area contributed by atoms with Crippen molar-refractivity contribution in [3.8, 4) is 11.3 Å². The largest absolute Gasteiger partial charge is 0.366 e. The van der Waals surface area contributed by atoms with Gasteiger partial charge in [0.15, 0.2) is 0 Å². The highest BCUT2D eigenvalue weighted by Crippen LogP contribution is 2.23. The van der Waals surface area contributed by atoms with Crippen LogP contribution in [-0.4, -0.2) is 23.1 Å². The lowest BCUT2D eigenvalue weighted by Crippen LogP contribution is -2.24. The summed E-state index contributed by atoms with van der Waals surface area (Å²) >= 11 is 0. The lowest BCUT2D eigenvalue weighted by Gasteiger charge is -2.20. The fraction of sp³-hybridized carbons (Fsp3) is 0.238. The Morgan fingerprint density at radius 3 is 2.12 bits per heavy atom. The average Bonchev–Trinajstić information content (AvgIpc) is 2.69. The first-order valence-corrected chi connectivity index (χ1v) is 8.77. The van der Waals surface area contributed by atoms with Gasteiger partial charge in [0.1, 0.15) is 5.82 Å². The number of nitrogens with one attached hydrogen (secondary N) is 1. The second-order valence-electron chi connectivity index (χ2n) is 5.82. The Kier molecular flexibility index (Phi) is 5.62. The lowest BCUT2D eigenvalue weighted by molar-refractivity contribution is 0.822. The Labute approximate surface area is 149 Å². The van der Waals surface area contributed by atoms with Crippen molar-refractivity contribution in [1.29, 1.82) is 0 Å². The third kappa shape index (κ3) is 4.35. The molecule has 1 heterocycles. The summed E-state index contributed by atoms with van der Waals surface area (Å²) in [6, 6.07) is 22.6. The van der Waals surface area contributed by atoms with Gasteiger partial charge < -0.3 is 10.2 Å². The van der Waals surface area contributed by atoms with E-state index in [-0.39, 0.29) is 0 Å². The molecule has 3 rings (SSSR count). The number of aromatic nitrogens is 2. The Morgan fingerprint density at radius 2 is 1.48 bits per heavy atom. The molecule has 2 aromatic carbocycles. The maximum absolute atomic E-state index is 4.78. The Hall–Kier alpha value is -2.88. The number of hydrogen-bond acceptors (Lipinski definition) is 4. The molecule has 0 bridgehead atoms. The molecule has 0 saturated heterocycles. The van der Waals surface area contributed by atoms with Crippen LogP contribution in [0.25, 0.3) is 11.3 Å². The standard InChI is InChI=1S/C21H24N4/c1-3-25(4-2)21-23-19(18-13-9-6-10-14-18)15-20(24-21)22-16-17-11-7-5-8-12-17/h5-15H,3-4,16H2,1-2H3,(H,22,23,24). The maximum Gasteiger partial charge on any atom is 0.227 e. The van der Waals surface area contributed by atoms with Crippen molar-refractivity contribution in [3.05, 3.63) is 72.3 Å². The van der Waals surface area contributed by atoms with Crippen LogP contribution >= 0.6 is 0 Å². The molecule has 0 saturated carbocycles. The van der Waals surface area contributed by atoms with E-state index in [0.717, 1.165) is 42.7 Å². The van der Waals surface area contributed by atoms with Gasteiger partial charge in [-0.1, -0.05) is 60.7 Å². The van der Waals surface area contributed by atoms with E-state index in [1.165, 1.54) is 5.56 Å². The number of rotatable bonds is 7. The molecule has 3 aromatic rings. The van der Waals surface area contributed by atoms with E-state index in [1.54, 1.807) is 0 Å². The first-order chi connectivity index (χ1) is 12.3. The van der Waals surface area contributed by atoms with E-state index >= 15 is 0 Å². The zero-order valence-electron chi connectivity index (χ0n) is 14.8. The van der Waals surface area contributed by atoms with Gasteiger partial charge in [0.05, 0.1) is 5.69 Å². The maximum atomic E-state index is 4.78. The van der Waals surface area contributed by atoms with Crippen molar-refractivity contribution in [2.45, 2.75) is 20.4 Å². The molecule has 0 aliphatic carbocycles. The van der Waals surface area contributed by atoms with Gasteiger partial charge in [-0.25, -0.2) is 4.98 Å². The number of anilines is 2. The van der Waals surface area contributed by atoms with Crippen molar-refractivity contribution in [2.24, 2.45) is 0 Å². The normalized spacial score (nSPS) is 10.5. The summed E-state index contributed by atoms with van der Waals surface area (Å²) in [4.78, 5) is 11.7. The van der Waals surface area contributed by atoms with Crippen molar-refractivity contribution in [2.75, 3.05) is 23.3 Å². The van der Waals surface area contributed by atoms with Crippen LogP contribution in [0.15, 0.2) is 66.7 Å². The van der Waals surface area contributed by atoms with E-state index in [9.17, 15) is 0 Å². The van der Waals surface area contributed by atoms with Crippen molar-refractivity contribution in [1.82, 2.24) is 9.97 Å². The van der Waals surface area contributed by atoms with Gasteiger partial charge in [-0.15, -0.1) is 0 Å². The van der Waals surface area contributed by atoms with Gasteiger partial charge in [-0.05, 0) is 19.4 Å². The van der Waals surface area contributed by atoms with Crippen LogP contribution in [0.3, 0.4) is 0 Å². The SMILES string of the molecule is CCN(CC)c1nc(NCc2ccccc2)cc(-c2ccccc2)n1. The highest BCUT2D eigenvalue weighted by Gasteiger charge is 2.11. The smallest absolute Gasteiger partial charge is 0.227 e. The second kappa shape index (κ2) is 8.29. The van der Waals surface area contributed by atoms with Crippen LogP contribution in [-0.2, 0) is 6.54 Å². The van der Waals surface area contributed by atoms with E-state index in [0.29, 0.717) is 0 Å². The van der Waals surface area contributed by atoms with Crippen LogP contribution in [0.1, 0.15) is 19.4 Å². The Morgan fingerprint density at radius 1 is 0.840 bits per heavy atom. The summed E-state index contributed by atoms with van der Waals surface area (Å²) in [5.41, 5.74) is 3.26. The third-order valence-electron chi connectivity index (χ3n) is 4.15. The minimum absolute atomic E-state index is 0.740. The summed E-state index contributed by atoms with van der Waals surface area (Å²) in [7, 11) is 0. The van der Waals surface area contributed by atoms with Crippen LogP contribution in [0.2, 0.25) is 0 Å². The third-order valence-corrected chi connectivity index (χ3v) is 4.15. The topological polar surface area (TPSA) is 41.1 Å². The molecule has 0 fully saturated rings. The molecule has 128 valence electrons. The van der Waals surface area contributed by atoms with Gasteiger partial charge in [0.25, 0.3) is 0 Å². The highest BCUT2D eigenvalue weighted by atomic mass is 15.3. The van der Waals surface area contributed by atoms with E-state index in [4.69, 9.17) is 9.97 Å². The molecule has 25 heavy (non-hydrogen) atoms. The van der Waals surface area contributed by atoms with Crippen LogP contribution in [0.4, 0.5) is 11.8 Å². The molecule has 0 aliphatic rings. The van der Waals surface area contributed by atoms with Gasteiger partial charge in [-0.2, -0.15) is 4.98 Å². The van der Waals surface area contributed by atoms with Crippen LogP contribution in [0, 0.1) is 0 Å². The van der Waals surface area contributed by atoms with Crippen molar-refractivity contribution >= 4 is 11.8 Å². The zero-order valence-corrected chi connectivity index (χ0v) is 14.8. The van der Waals surface area contributed by atoms with Gasteiger partial charge in [0, 0.05) is 31.3 Å². The molecular weight excluding hydrogens is 308 g/mol. The number of nitrogens with zero attached hydrogens (tertiary/aromatic N) is 3. The number of hydrogen-bond donors (Lipinski definition) is 1. The molecular formula is C21H24N4. The fourth-order valence-corrected chi connectivity index (χ4v) is 2.72. The van der Waals surface area contributed by atoms with E-state index in [2.05, 4.69) is 48.3 Å². The minimum atomic E-state index is 0.740. The van der Waals surface area contributed by atoms with Crippen LogP contribution < -0.4 is 10.2 Å². The molecule has 0 spiro atoms. The first-order valence-electron chi connectivity index (χ1n) is 8.77. The van der Waals surface area contributed by atoms with Gasteiger partial charge in [-0.3, -0.25) is 0 Å². The minimum Gasteiger partial charge on any atom is -0.366 e. The van der Waals surface area contributed by atoms with E-state index in [1.807, 2.05) is 42.5 Å². The highest BCUT2D eigenvalue weighted by molar-refractivity contribution is 5.64. The summed E-state index contributed by atoms with van der Waals surface area (Å²) in [6.45, 7) is 6.75. The Bertz CT molecular complexity index is 784. The van der Waals surface area contributed by atoms with Gasteiger partial charge >= 0.3 is 0 Å². The van der Waals surface area contributed by atoms with Crippen LogP contribution in [0.5, 0.6) is 0 Å². The van der Waals surface area contributed by atoms with Crippen molar-refractivity contribution < 1.29 is 0 Å². The van der Waals surface area contributed by atoms with E-state index < -0.39 is 0 Å². The molecule has 0 unspecified atom stereocenters. The zero-order chi connectivity index (χ0) is 17.5. The monoisotopic (exact) mass is 332 g/mol. The molecule has 0 atom stereocenters. The molecule has 4 heteroatoms. The Balaban J connectivity index is 1.92. The molecule has 0 aliphatic heterocycles. The molecule has 1 N–H and O–H groups in total. The predicted octanol–water partition coefficient (Wildman–Crippen LogP) is 4.60. The summed E-state index contributed by atoms with van der Waals surface area (Å²) in [5.74, 6) is 1.61. The molecule has 0 amide bonds. The van der Waals surface area contributed by atoms with Gasteiger partial charge in [0.2, 0.25) is 5.95 Å².